The molecule has 1 aliphatic heterocycles. The Labute approximate surface area is 203 Å². The number of carbonyl (C=O) groups is 3. The number of anilines is 2. The van der Waals surface area contributed by atoms with Crippen LogP contribution < -0.4 is 10.6 Å². The molecule has 0 radical (unpaired) electrons. The lowest BCUT2D eigenvalue weighted by atomic mass is 10.1. The third-order valence-electron chi connectivity index (χ3n) is 5.62. The molecule has 172 valence electrons. The van der Waals surface area contributed by atoms with Crippen LogP contribution in [0.5, 0.6) is 0 Å². The van der Waals surface area contributed by atoms with E-state index in [-0.39, 0.29) is 23.2 Å². The summed E-state index contributed by atoms with van der Waals surface area (Å²) in [6, 6.07) is 22.0. The molecule has 7 heteroatoms. The van der Waals surface area contributed by atoms with Crippen molar-refractivity contribution < 1.29 is 14.4 Å². The van der Waals surface area contributed by atoms with Gasteiger partial charge in [0, 0.05) is 23.5 Å². The Hall–Kier alpha value is -3.90. The van der Waals surface area contributed by atoms with Crippen molar-refractivity contribution in [1.29, 1.82) is 0 Å². The Morgan fingerprint density at radius 3 is 2.29 bits per heavy atom. The lowest BCUT2D eigenvalue weighted by Crippen LogP contribution is -2.34. The second kappa shape index (κ2) is 9.93. The first-order valence-corrected chi connectivity index (χ1v) is 11.3. The van der Waals surface area contributed by atoms with Gasteiger partial charge in [-0.3, -0.25) is 19.3 Å². The number of nitrogens with zero attached hydrogens (tertiary/aromatic N) is 1. The highest BCUT2D eigenvalue weighted by Crippen LogP contribution is 2.26. The van der Waals surface area contributed by atoms with E-state index in [9.17, 15) is 14.4 Å². The topological polar surface area (TPSA) is 78.5 Å². The van der Waals surface area contributed by atoms with Crippen molar-refractivity contribution in [2.24, 2.45) is 0 Å². The van der Waals surface area contributed by atoms with Crippen molar-refractivity contribution in [2.75, 3.05) is 17.2 Å². The quantitative estimate of drug-likeness (QED) is 0.472. The van der Waals surface area contributed by atoms with E-state index in [0.29, 0.717) is 17.7 Å². The second-order valence-electron chi connectivity index (χ2n) is 8.16. The van der Waals surface area contributed by atoms with Crippen LogP contribution in [0.25, 0.3) is 0 Å². The predicted molar refractivity (Wildman–Crippen MR) is 134 cm³/mol. The predicted octanol–water partition coefficient (Wildman–Crippen LogP) is 5.03. The first-order chi connectivity index (χ1) is 16.3. The molecule has 0 atom stereocenters. The van der Waals surface area contributed by atoms with Gasteiger partial charge in [0.15, 0.2) is 0 Å². The van der Waals surface area contributed by atoms with Crippen LogP contribution in [0.1, 0.15) is 27.0 Å². The van der Waals surface area contributed by atoms with E-state index in [4.69, 9.17) is 11.6 Å². The molecule has 0 aliphatic carbocycles. The minimum atomic E-state index is -0.519. The molecule has 1 heterocycles. The maximum absolute atomic E-state index is 12.8. The smallest absolute Gasteiger partial charge is 0.278 e. The van der Waals surface area contributed by atoms with E-state index < -0.39 is 11.8 Å². The van der Waals surface area contributed by atoms with E-state index in [1.165, 1.54) is 0 Å². The fourth-order valence-electron chi connectivity index (χ4n) is 3.74. The van der Waals surface area contributed by atoms with Crippen molar-refractivity contribution >= 4 is 40.7 Å². The summed E-state index contributed by atoms with van der Waals surface area (Å²) >= 11 is 6.19. The van der Waals surface area contributed by atoms with Crippen LogP contribution in [0.15, 0.2) is 83.5 Å². The number of carbonyl (C=O) groups excluding carboxylic acids is 3. The molecule has 0 bridgehead atoms. The zero-order valence-electron chi connectivity index (χ0n) is 18.9. The molecule has 3 amide bonds. The minimum Gasteiger partial charge on any atom is -0.350 e. The molecule has 2 N–H and O–H groups in total. The molecule has 6 nitrogen and oxygen atoms in total. The highest BCUT2D eigenvalue weighted by Gasteiger charge is 2.37. The largest absolute Gasteiger partial charge is 0.350 e. The molecular weight excluding hydrogens is 450 g/mol. The van der Waals surface area contributed by atoms with Gasteiger partial charge in [0.1, 0.15) is 10.7 Å². The average Bonchev–Trinajstić information content (AvgIpc) is 3.03. The van der Waals surface area contributed by atoms with Gasteiger partial charge in [0.2, 0.25) is 0 Å². The minimum absolute atomic E-state index is 0.0345. The molecule has 3 aromatic carbocycles. The van der Waals surface area contributed by atoms with Crippen LogP contribution in [-0.2, 0) is 16.0 Å². The maximum Gasteiger partial charge on any atom is 0.278 e. The number of imide groups is 1. The standard InChI is InChI=1S/C27H24ClN3O3/c1-17-8-13-22(18(2)16-17)30-25(32)20-9-11-21(12-10-20)29-24-23(28)26(33)31(27(24)34)15-14-19-6-4-3-5-7-19/h3-13,16,29H,14-15H2,1-2H3,(H,30,32). The zero-order chi connectivity index (χ0) is 24.2. The number of aryl methyl sites for hydroxylation is 2. The Morgan fingerprint density at radius 1 is 0.912 bits per heavy atom. The fraction of sp³-hybridized carbons (Fsp3) is 0.148. The highest BCUT2D eigenvalue weighted by atomic mass is 35.5. The number of hydrogen-bond donors (Lipinski definition) is 2. The molecule has 3 aromatic rings. The summed E-state index contributed by atoms with van der Waals surface area (Å²) < 4.78 is 0. The highest BCUT2D eigenvalue weighted by molar-refractivity contribution is 6.48. The molecular formula is C27H24ClN3O3. The van der Waals surface area contributed by atoms with Crippen molar-refractivity contribution in [3.63, 3.8) is 0 Å². The Kier molecular flexibility index (Phi) is 6.80. The maximum atomic E-state index is 12.8. The third-order valence-corrected chi connectivity index (χ3v) is 5.98. The monoisotopic (exact) mass is 473 g/mol. The van der Waals surface area contributed by atoms with E-state index in [0.717, 1.165) is 27.3 Å². The van der Waals surface area contributed by atoms with Gasteiger partial charge in [-0.1, -0.05) is 59.6 Å². The molecule has 0 fully saturated rings. The van der Waals surface area contributed by atoms with Gasteiger partial charge >= 0.3 is 0 Å². The average molecular weight is 474 g/mol. The normalized spacial score (nSPS) is 13.4. The summed E-state index contributed by atoms with van der Waals surface area (Å²) in [5, 5.41) is 5.69. The Balaban J connectivity index is 1.40. The van der Waals surface area contributed by atoms with Gasteiger partial charge in [-0.2, -0.15) is 0 Å². The van der Waals surface area contributed by atoms with Crippen molar-refractivity contribution in [1.82, 2.24) is 4.90 Å². The van der Waals surface area contributed by atoms with E-state index in [2.05, 4.69) is 10.6 Å². The Bertz CT molecular complexity index is 1280. The van der Waals surface area contributed by atoms with Gasteiger partial charge in [0.25, 0.3) is 17.7 Å². The first-order valence-electron chi connectivity index (χ1n) is 10.9. The molecule has 0 aromatic heterocycles. The van der Waals surface area contributed by atoms with Gasteiger partial charge in [-0.15, -0.1) is 0 Å². The van der Waals surface area contributed by atoms with E-state index >= 15 is 0 Å². The summed E-state index contributed by atoms with van der Waals surface area (Å²) in [5.41, 5.74) is 4.92. The molecule has 0 saturated carbocycles. The SMILES string of the molecule is Cc1ccc(NC(=O)c2ccc(NC3=C(Cl)C(=O)N(CCc4ccccc4)C3=O)cc2)c(C)c1. The number of rotatable bonds is 7. The third kappa shape index (κ3) is 5.02. The summed E-state index contributed by atoms with van der Waals surface area (Å²) in [6.45, 7) is 4.17. The number of hydrogen-bond acceptors (Lipinski definition) is 4. The van der Waals surface area contributed by atoms with Crippen LogP contribution >= 0.6 is 11.6 Å². The van der Waals surface area contributed by atoms with Gasteiger partial charge in [0.05, 0.1) is 0 Å². The van der Waals surface area contributed by atoms with Crippen molar-refractivity contribution in [3.8, 4) is 0 Å². The summed E-state index contributed by atoms with van der Waals surface area (Å²) in [7, 11) is 0. The van der Waals surface area contributed by atoms with E-state index in [1.54, 1.807) is 24.3 Å². The second-order valence-corrected chi connectivity index (χ2v) is 8.54. The first kappa shape index (κ1) is 23.3. The Morgan fingerprint density at radius 2 is 1.62 bits per heavy atom. The summed E-state index contributed by atoms with van der Waals surface area (Å²) in [5.74, 6) is -1.23. The van der Waals surface area contributed by atoms with Crippen LogP contribution in [0.3, 0.4) is 0 Å². The zero-order valence-corrected chi connectivity index (χ0v) is 19.6. The van der Waals surface area contributed by atoms with Crippen LogP contribution in [-0.4, -0.2) is 29.2 Å². The van der Waals surface area contributed by atoms with Gasteiger partial charge in [-0.25, -0.2) is 0 Å². The van der Waals surface area contributed by atoms with Crippen molar-refractivity contribution in [2.45, 2.75) is 20.3 Å². The van der Waals surface area contributed by atoms with E-state index in [1.807, 2.05) is 62.4 Å². The lowest BCUT2D eigenvalue weighted by molar-refractivity contribution is -0.137. The van der Waals surface area contributed by atoms with Crippen LogP contribution in [0, 0.1) is 13.8 Å². The summed E-state index contributed by atoms with van der Waals surface area (Å²) in [6.07, 6.45) is 0.542. The molecule has 1 aliphatic rings. The van der Waals surface area contributed by atoms with Gasteiger partial charge in [-0.05, 0) is 61.7 Å². The number of nitrogens with one attached hydrogen (secondary N) is 2. The number of benzene rings is 3. The lowest BCUT2D eigenvalue weighted by Gasteiger charge is -2.15. The fourth-order valence-corrected chi connectivity index (χ4v) is 3.97. The molecule has 4 rings (SSSR count). The van der Waals surface area contributed by atoms with Gasteiger partial charge < -0.3 is 10.6 Å². The van der Waals surface area contributed by atoms with Crippen LogP contribution in [0.2, 0.25) is 0 Å². The number of halogens is 1. The molecule has 0 unspecified atom stereocenters. The van der Waals surface area contributed by atoms with Crippen molar-refractivity contribution in [3.05, 3.63) is 106 Å². The molecule has 0 saturated heterocycles. The summed E-state index contributed by atoms with van der Waals surface area (Å²) in [4.78, 5) is 39.1. The number of amides is 3. The molecule has 0 spiro atoms. The van der Waals surface area contributed by atoms with Crippen LogP contribution in [0.4, 0.5) is 11.4 Å². The molecule has 34 heavy (non-hydrogen) atoms.